The minimum Gasteiger partial charge on any atom is -0.443 e. The zero-order valence-electron chi connectivity index (χ0n) is 14.3. The number of anilines is 1. The average Bonchev–Trinajstić information content (AvgIpc) is 2.45. The molecule has 5 nitrogen and oxygen atoms in total. The third-order valence-electron chi connectivity index (χ3n) is 3.20. The summed E-state index contributed by atoms with van der Waals surface area (Å²) in [6.45, 7) is 6.99. The van der Waals surface area contributed by atoms with Crippen LogP contribution in [0.1, 0.15) is 39.3 Å². The highest BCUT2D eigenvalue weighted by molar-refractivity contribution is 6.33. The van der Waals surface area contributed by atoms with Gasteiger partial charge in [-0.3, -0.25) is 0 Å². The molecule has 0 aliphatic rings. The zero-order chi connectivity index (χ0) is 18.8. The van der Waals surface area contributed by atoms with Gasteiger partial charge in [-0.05, 0) is 45.4 Å². The van der Waals surface area contributed by atoms with E-state index in [2.05, 4.69) is 9.97 Å². The first-order valence-electron chi connectivity index (χ1n) is 7.54. The van der Waals surface area contributed by atoms with Crippen LogP contribution in [0.3, 0.4) is 0 Å². The number of hydrogen-bond donors (Lipinski definition) is 0. The van der Waals surface area contributed by atoms with Crippen molar-refractivity contribution in [2.45, 2.75) is 39.3 Å². The number of nitrogens with zero attached hydrogens (tertiary/aromatic N) is 3. The van der Waals surface area contributed by atoms with Gasteiger partial charge >= 0.3 is 6.09 Å². The van der Waals surface area contributed by atoms with Crippen LogP contribution in [-0.2, 0) is 4.74 Å². The summed E-state index contributed by atoms with van der Waals surface area (Å²) in [6, 6.07) is 6.59. The topological polar surface area (TPSA) is 55.3 Å². The Bertz CT molecular complexity index is 743. The molecule has 0 spiro atoms. The van der Waals surface area contributed by atoms with Crippen LogP contribution in [0.25, 0.3) is 0 Å². The second-order valence-electron chi connectivity index (χ2n) is 6.39. The van der Waals surface area contributed by atoms with Gasteiger partial charge in [0.15, 0.2) is 0 Å². The van der Waals surface area contributed by atoms with Crippen LogP contribution < -0.4 is 4.90 Å². The van der Waals surface area contributed by atoms with Crippen molar-refractivity contribution in [2.24, 2.45) is 0 Å². The van der Waals surface area contributed by atoms with Crippen LogP contribution in [0.4, 0.5) is 15.1 Å². The van der Waals surface area contributed by atoms with E-state index in [-0.39, 0.29) is 22.1 Å². The fraction of sp³-hybridized carbons (Fsp3) is 0.353. The Morgan fingerprint density at radius 3 is 2.16 bits per heavy atom. The van der Waals surface area contributed by atoms with Gasteiger partial charge in [0.2, 0.25) is 5.95 Å². The highest BCUT2D eigenvalue weighted by atomic mass is 35.5. The number of hydrogen-bond acceptors (Lipinski definition) is 4. The van der Waals surface area contributed by atoms with Crippen molar-refractivity contribution in [3.8, 4) is 0 Å². The Hall–Kier alpha value is -1.92. The number of amides is 1. The SMILES string of the molecule is CC(c1ccc(F)cc1)N(C(=O)OC(C)(C)C)c1nc(Cl)cc(Cl)n1. The van der Waals surface area contributed by atoms with E-state index in [1.54, 1.807) is 39.8 Å². The van der Waals surface area contributed by atoms with E-state index in [0.29, 0.717) is 5.56 Å². The largest absolute Gasteiger partial charge is 0.443 e. The van der Waals surface area contributed by atoms with Crippen molar-refractivity contribution in [1.82, 2.24) is 9.97 Å². The normalized spacial score (nSPS) is 12.6. The fourth-order valence-electron chi connectivity index (χ4n) is 2.10. The van der Waals surface area contributed by atoms with Gasteiger partial charge in [0.25, 0.3) is 0 Å². The van der Waals surface area contributed by atoms with Crippen LogP contribution in [0.2, 0.25) is 10.3 Å². The molecule has 0 aliphatic carbocycles. The molecule has 0 saturated carbocycles. The van der Waals surface area contributed by atoms with Crippen LogP contribution in [-0.4, -0.2) is 21.7 Å². The molecule has 2 aromatic rings. The maximum atomic E-state index is 13.2. The summed E-state index contributed by atoms with van der Waals surface area (Å²) in [7, 11) is 0. The Balaban J connectivity index is 2.47. The first-order valence-corrected chi connectivity index (χ1v) is 8.30. The highest BCUT2D eigenvalue weighted by Gasteiger charge is 2.30. The van der Waals surface area contributed by atoms with Crippen molar-refractivity contribution >= 4 is 35.2 Å². The predicted molar refractivity (Wildman–Crippen MR) is 95.6 cm³/mol. The molecule has 0 aliphatic heterocycles. The van der Waals surface area contributed by atoms with E-state index in [0.717, 1.165) is 0 Å². The van der Waals surface area contributed by atoms with Crippen molar-refractivity contribution in [1.29, 1.82) is 0 Å². The van der Waals surface area contributed by atoms with Gasteiger partial charge in [-0.15, -0.1) is 0 Å². The lowest BCUT2D eigenvalue weighted by atomic mass is 10.1. The summed E-state index contributed by atoms with van der Waals surface area (Å²) >= 11 is 11.9. The zero-order valence-corrected chi connectivity index (χ0v) is 15.8. The molecule has 0 bridgehead atoms. The Kier molecular flexibility index (Phi) is 5.85. The van der Waals surface area contributed by atoms with Gasteiger partial charge in [-0.2, -0.15) is 0 Å². The summed E-state index contributed by atoms with van der Waals surface area (Å²) in [6.07, 6.45) is -0.664. The van der Waals surface area contributed by atoms with E-state index in [1.165, 1.54) is 23.1 Å². The Morgan fingerprint density at radius 1 is 1.16 bits per heavy atom. The van der Waals surface area contributed by atoms with E-state index < -0.39 is 17.7 Å². The molecule has 8 heteroatoms. The van der Waals surface area contributed by atoms with Crippen molar-refractivity contribution in [3.63, 3.8) is 0 Å². The lowest BCUT2D eigenvalue weighted by molar-refractivity contribution is 0.0565. The van der Waals surface area contributed by atoms with Crippen molar-refractivity contribution in [2.75, 3.05) is 4.90 Å². The standard InChI is InChI=1S/C17H18Cl2FN3O2/c1-10(11-5-7-12(20)8-6-11)23(16(24)25-17(2,3)4)15-21-13(18)9-14(19)22-15/h5-10H,1-4H3. The van der Waals surface area contributed by atoms with Gasteiger partial charge in [0, 0.05) is 6.07 Å². The Labute approximate surface area is 155 Å². The number of ether oxygens (including phenoxy) is 1. The molecule has 0 N–H and O–H groups in total. The molecule has 0 fully saturated rings. The number of halogens is 3. The molecule has 1 atom stereocenters. The highest BCUT2D eigenvalue weighted by Crippen LogP contribution is 2.28. The molecule has 2 rings (SSSR count). The quantitative estimate of drug-likeness (QED) is 0.661. The number of carbonyl (C=O) groups is 1. The number of rotatable bonds is 3. The fourth-order valence-corrected chi connectivity index (χ4v) is 2.51. The molecule has 1 aromatic carbocycles. The molecule has 1 heterocycles. The van der Waals surface area contributed by atoms with Gasteiger partial charge < -0.3 is 4.74 Å². The third kappa shape index (κ3) is 5.28. The minimum atomic E-state index is -0.722. The van der Waals surface area contributed by atoms with Crippen LogP contribution >= 0.6 is 23.2 Å². The van der Waals surface area contributed by atoms with Crippen LogP contribution in [0.5, 0.6) is 0 Å². The summed E-state index contributed by atoms with van der Waals surface area (Å²) in [5.74, 6) is -0.370. The summed E-state index contributed by atoms with van der Waals surface area (Å²) in [5, 5.41) is 0.185. The lowest BCUT2D eigenvalue weighted by Crippen LogP contribution is -2.39. The van der Waals surface area contributed by atoms with Gasteiger partial charge in [0.1, 0.15) is 21.7 Å². The molecule has 0 saturated heterocycles. The van der Waals surface area contributed by atoms with Gasteiger partial charge in [0.05, 0.1) is 6.04 Å². The van der Waals surface area contributed by atoms with E-state index in [4.69, 9.17) is 27.9 Å². The maximum absolute atomic E-state index is 13.2. The summed E-state index contributed by atoms with van der Waals surface area (Å²) < 4.78 is 18.6. The smallest absolute Gasteiger partial charge is 0.417 e. The molecule has 1 unspecified atom stereocenters. The van der Waals surface area contributed by atoms with Crippen LogP contribution in [0, 0.1) is 5.82 Å². The molecule has 0 radical (unpaired) electrons. The first kappa shape index (κ1) is 19.4. The monoisotopic (exact) mass is 385 g/mol. The number of carbonyl (C=O) groups excluding carboxylic acids is 1. The molecular weight excluding hydrogens is 368 g/mol. The summed E-state index contributed by atoms with van der Waals surface area (Å²) in [4.78, 5) is 22.1. The molecule has 1 amide bonds. The Morgan fingerprint density at radius 2 is 1.68 bits per heavy atom. The average molecular weight is 386 g/mol. The molecular formula is C17H18Cl2FN3O2. The number of benzene rings is 1. The van der Waals surface area contributed by atoms with Crippen molar-refractivity contribution < 1.29 is 13.9 Å². The van der Waals surface area contributed by atoms with E-state index in [1.807, 2.05) is 0 Å². The lowest BCUT2D eigenvalue weighted by Gasteiger charge is -2.30. The number of aromatic nitrogens is 2. The second-order valence-corrected chi connectivity index (χ2v) is 7.17. The van der Waals surface area contributed by atoms with E-state index in [9.17, 15) is 9.18 Å². The minimum absolute atomic E-state index is 0.00331. The summed E-state index contributed by atoms with van der Waals surface area (Å²) in [5.41, 5.74) is -0.0489. The molecule has 134 valence electrons. The maximum Gasteiger partial charge on any atom is 0.417 e. The van der Waals surface area contributed by atoms with Crippen molar-refractivity contribution in [3.05, 3.63) is 52.0 Å². The van der Waals surface area contributed by atoms with E-state index >= 15 is 0 Å². The third-order valence-corrected chi connectivity index (χ3v) is 3.58. The van der Waals surface area contributed by atoms with Gasteiger partial charge in [-0.25, -0.2) is 24.1 Å². The van der Waals surface area contributed by atoms with Crippen LogP contribution in [0.15, 0.2) is 30.3 Å². The predicted octanol–water partition coefficient (Wildman–Crippen LogP) is 5.43. The molecule has 25 heavy (non-hydrogen) atoms. The van der Waals surface area contributed by atoms with Gasteiger partial charge in [-0.1, -0.05) is 35.3 Å². The first-order chi connectivity index (χ1) is 11.6. The molecule has 1 aromatic heterocycles. The second kappa shape index (κ2) is 7.54.